The number of nitrogens with one attached hydrogen (secondary N) is 1. The molecule has 1 aliphatic carbocycles. The lowest BCUT2D eigenvalue weighted by molar-refractivity contribution is 0.152. The molecule has 0 aromatic carbocycles. The van der Waals surface area contributed by atoms with Crippen LogP contribution in [-0.2, 0) is 4.74 Å². The van der Waals surface area contributed by atoms with E-state index >= 15 is 0 Å². The van der Waals surface area contributed by atoms with E-state index in [1.807, 2.05) is 0 Å². The molecule has 2 heteroatoms. The fraction of sp³-hybridized carbons (Fsp3) is 0.857. The molecule has 0 bridgehead atoms. The van der Waals surface area contributed by atoms with Gasteiger partial charge in [-0.2, -0.15) is 0 Å². The Balaban J connectivity index is 2.48. The maximum absolute atomic E-state index is 5.21. The Hall–Kier alpha value is -0.340. The maximum Gasteiger partial charge on any atom is 0.0488 e. The van der Waals surface area contributed by atoms with Crippen LogP contribution in [0.5, 0.6) is 0 Å². The predicted octanol–water partition coefficient (Wildman–Crippen LogP) is 3.14. The molecule has 0 saturated heterocycles. The third-order valence-electron chi connectivity index (χ3n) is 3.46. The van der Waals surface area contributed by atoms with Crippen molar-refractivity contribution < 1.29 is 4.74 Å². The lowest BCUT2D eigenvalue weighted by Crippen LogP contribution is -2.30. The molecule has 0 amide bonds. The summed E-state index contributed by atoms with van der Waals surface area (Å²) in [5.41, 5.74) is 1.63. The van der Waals surface area contributed by atoms with Gasteiger partial charge in [0.15, 0.2) is 0 Å². The van der Waals surface area contributed by atoms with Crippen molar-refractivity contribution in [2.45, 2.75) is 51.5 Å². The van der Waals surface area contributed by atoms with Gasteiger partial charge in [-0.3, -0.25) is 0 Å². The van der Waals surface area contributed by atoms with Gasteiger partial charge in [-0.1, -0.05) is 25.0 Å². The zero-order chi connectivity index (χ0) is 11.8. The van der Waals surface area contributed by atoms with Crippen LogP contribution in [0.3, 0.4) is 0 Å². The molecule has 2 atom stereocenters. The first kappa shape index (κ1) is 13.7. The highest BCUT2D eigenvalue weighted by molar-refractivity contribution is 5.12. The third-order valence-corrected chi connectivity index (χ3v) is 3.46. The zero-order valence-electron chi connectivity index (χ0n) is 11.1. The van der Waals surface area contributed by atoms with Crippen LogP contribution in [0.25, 0.3) is 0 Å². The van der Waals surface area contributed by atoms with Gasteiger partial charge in [0.25, 0.3) is 0 Å². The van der Waals surface area contributed by atoms with E-state index in [0.29, 0.717) is 12.0 Å². The average Bonchev–Trinajstić information content (AvgIpc) is 2.55. The Morgan fingerprint density at radius 1 is 1.38 bits per heavy atom. The molecule has 16 heavy (non-hydrogen) atoms. The summed E-state index contributed by atoms with van der Waals surface area (Å²) in [4.78, 5) is 0. The first-order chi connectivity index (χ1) is 7.77. The van der Waals surface area contributed by atoms with Gasteiger partial charge >= 0.3 is 0 Å². The highest BCUT2D eigenvalue weighted by Crippen LogP contribution is 2.23. The molecule has 0 radical (unpaired) electrons. The molecule has 2 nitrogen and oxygen atoms in total. The quantitative estimate of drug-likeness (QED) is 0.701. The summed E-state index contributed by atoms with van der Waals surface area (Å²) in [5.74, 6) is 0.631. The van der Waals surface area contributed by atoms with E-state index < -0.39 is 0 Å². The Kier molecular flexibility index (Phi) is 6.74. The van der Waals surface area contributed by atoms with Gasteiger partial charge in [0.2, 0.25) is 0 Å². The van der Waals surface area contributed by atoms with Crippen molar-refractivity contribution in [2.75, 3.05) is 20.8 Å². The summed E-state index contributed by atoms with van der Waals surface area (Å²) in [5, 5.41) is 3.47. The fourth-order valence-electron chi connectivity index (χ4n) is 2.57. The van der Waals surface area contributed by atoms with Crippen molar-refractivity contribution in [3.8, 4) is 0 Å². The fourth-order valence-corrected chi connectivity index (χ4v) is 2.57. The van der Waals surface area contributed by atoms with E-state index in [9.17, 15) is 0 Å². The smallest absolute Gasteiger partial charge is 0.0488 e. The molecule has 2 unspecified atom stereocenters. The van der Waals surface area contributed by atoms with Gasteiger partial charge in [0.05, 0.1) is 0 Å². The van der Waals surface area contributed by atoms with Crippen LogP contribution in [0, 0.1) is 5.92 Å². The highest BCUT2D eigenvalue weighted by atomic mass is 16.5. The normalized spacial score (nSPS) is 21.1. The van der Waals surface area contributed by atoms with E-state index in [1.54, 1.807) is 12.7 Å². The van der Waals surface area contributed by atoms with Gasteiger partial charge in [-0.25, -0.2) is 0 Å². The van der Waals surface area contributed by atoms with Crippen molar-refractivity contribution >= 4 is 0 Å². The van der Waals surface area contributed by atoms with Gasteiger partial charge in [-0.05, 0) is 45.1 Å². The molecule has 1 aliphatic rings. The van der Waals surface area contributed by atoms with E-state index in [-0.39, 0.29) is 0 Å². The molecule has 94 valence electrons. The average molecular weight is 225 g/mol. The lowest BCUT2D eigenvalue weighted by Gasteiger charge is -2.23. The molecule has 0 fully saturated rings. The minimum absolute atomic E-state index is 0.559. The Bertz CT molecular complexity index is 213. The van der Waals surface area contributed by atoms with Gasteiger partial charge in [0.1, 0.15) is 0 Å². The molecule has 0 aromatic heterocycles. The summed E-state index contributed by atoms with van der Waals surface area (Å²) >= 11 is 0. The highest BCUT2D eigenvalue weighted by Gasteiger charge is 2.16. The summed E-state index contributed by atoms with van der Waals surface area (Å²) in [6.45, 7) is 3.14. The number of rotatable bonds is 6. The van der Waals surface area contributed by atoms with Crippen LogP contribution in [0.15, 0.2) is 11.6 Å². The van der Waals surface area contributed by atoms with Crippen LogP contribution in [-0.4, -0.2) is 26.8 Å². The second kappa shape index (κ2) is 7.86. The van der Waals surface area contributed by atoms with Gasteiger partial charge in [0, 0.05) is 19.8 Å². The predicted molar refractivity (Wildman–Crippen MR) is 69.7 cm³/mol. The molecule has 0 saturated carbocycles. The number of likely N-dealkylation sites (N-methyl/N-ethyl adjacent to an activating group) is 1. The van der Waals surface area contributed by atoms with Crippen molar-refractivity contribution in [3.05, 3.63) is 11.6 Å². The topological polar surface area (TPSA) is 21.3 Å². The number of hydrogen-bond donors (Lipinski definition) is 1. The second-order valence-electron chi connectivity index (χ2n) is 5.02. The van der Waals surface area contributed by atoms with Gasteiger partial charge < -0.3 is 10.1 Å². The SMILES string of the molecule is CNC(CC(C)COC)C1=CCCCCC1. The van der Waals surface area contributed by atoms with E-state index in [1.165, 1.54) is 38.5 Å². The zero-order valence-corrected chi connectivity index (χ0v) is 11.1. The summed E-state index contributed by atoms with van der Waals surface area (Å²) in [6, 6.07) is 0.559. The first-order valence-corrected chi connectivity index (χ1v) is 6.63. The molecular weight excluding hydrogens is 198 g/mol. The van der Waals surface area contributed by atoms with Crippen LogP contribution in [0.2, 0.25) is 0 Å². The molecule has 0 aliphatic heterocycles. The largest absolute Gasteiger partial charge is 0.384 e. The monoisotopic (exact) mass is 225 g/mol. The molecule has 0 heterocycles. The number of hydrogen-bond acceptors (Lipinski definition) is 2. The third kappa shape index (κ3) is 4.67. The lowest BCUT2D eigenvalue weighted by atomic mass is 9.93. The van der Waals surface area contributed by atoms with Crippen LogP contribution in [0.4, 0.5) is 0 Å². The van der Waals surface area contributed by atoms with E-state index in [4.69, 9.17) is 4.74 Å². The second-order valence-corrected chi connectivity index (χ2v) is 5.02. The van der Waals surface area contributed by atoms with Crippen LogP contribution in [0.1, 0.15) is 45.4 Å². The maximum atomic E-state index is 5.21. The van der Waals surface area contributed by atoms with Gasteiger partial charge in [-0.15, -0.1) is 0 Å². The number of allylic oxidation sites excluding steroid dienone is 1. The van der Waals surface area contributed by atoms with Crippen LogP contribution < -0.4 is 5.32 Å². The Morgan fingerprint density at radius 2 is 2.19 bits per heavy atom. The Morgan fingerprint density at radius 3 is 2.88 bits per heavy atom. The minimum atomic E-state index is 0.559. The van der Waals surface area contributed by atoms with Crippen molar-refractivity contribution in [2.24, 2.45) is 5.92 Å². The Labute approximate surface area is 100 Å². The number of methoxy groups -OCH3 is 1. The molecule has 0 aromatic rings. The standard InChI is InChI=1S/C14H27NO/c1-12(11-16-3)10-14(15-2)13-8-6-4-5-7-9-13/h8,12,14-15H,4-7,9-11H2,1-3H3. The summed E-state index contributed by atoms with van der Waals surface area (Å²) < 4.78 is 5.21. The minimum Gasteiger partial charge on any atom is -0.384 e. The van der Waals surface area contributed by atoms with E-state index in [0.717, 1.165) is 6.61 Å². The van der Waals surface area contributed by atoms with Crippen molar-refractivity contribution in [3.63, 3.8) is 0 Å². The van der Waals surface area contributed by atoms with Crippen molar-refractivity contribution in [1.29, 1.82) is 0 Å². The molecule has 1 N–H and O–H groups in total. The van der Waals surface area contributed by atoms with Crippen LogP contribution >= 0.6 is 0 Å². The summed E-state index contributed by atoms with van der Waals surface area (Å²) in [7, 11) is 3.87. The first-order valence-electron chi connectivity index (χ1n) is 6.63. The molecule has 1 rings (SSSR count). The molecular formula is C14H27NO. The molecule has 0 spiro atoms. The number of ether oxygens (including phenoxy) is 1. The summed E-state index contributed by atoms with van der Waals surface area (Å²) in [6.07, 6.45) is 10.3. The van der Waals surface area contributed by atoms with Crippen molar-refractivity contribution in [1.82, 2.24) is 5.32 Å². The van der Waals surface area contributed by atoms with E-state index in [2.05, 4.69) is 25.4 Å².